The first kappa shape index (κ1) is 17.4. The zero-order valence-corrected chi connectivity index (χ0v) is 11.3. The second-order valence-electron chi connectivity index (χ2n) is 4.47. The highest BCUT2D eigenvalue weighted by Gasteiger charge is 2.26. The van der Waals surface area contributed by atoms with Gasteiger partial charge in [0, 0.05) is 6.42 Å². The lowest BCUT2D eigenvalue weighted by Crippen LogP contribution is -2.24. The van der Waals surface area contributed by atoms with Crippen LogP contribution in [0.25, 0.3) is 0 Å². The Kier molecular flexibility index (Phi) is 9.48. The smallest absolute Gasteiger partial charge is 0.320 e. The summed E-state index contributed by atoms with van der Waals surface area (Å²) in [4.78, 5) is 32.2. The van der Waals surface area contributed by atoms with Crippen LogP contribution in [-0.4, -0.2) is 35.2 Å². The molecule has 6 heteroatoms. The maximum atomic E-state index is 11.2. The van der Waals surface area contributed by atoms with Gasteiger partial charge in [0.15, 0.2) is 5.92 Å². The second-order valence-corrected chi connectivity index (χ2v) is 4.47. The molecule has 1 atom stereocenters. The molecule has 0 aliphatic rings. The van der Waals surface area contributed by atoms with E-state index >= 15 is 0 Å². The number of hydrogen-bond donors (Lipinski definition) is 2. The van der Waals surface area contributed by atoms with Crippen LogP contribution in [0, 0.1) is 5.92 Å². The van der Waals surface area contributed by atoms with Gasteiger partial charge in [0.1, 0.15) is 0 Å². The molecular formula is C13H22O6. The first-order chi connectivity index (χ1) is 8.99. The monoisotopic (exact) mass is 274 g/mol. The van der Waals surface area contributed by atoms with Gasteiger partial charge in [0.25, 0.3) is 0 Å². The van der Waals surface area contributed by atoms with Gasteiger partial charge < -0.3 is 14.9 Å². The van der Waals surface area contributed by atoms with Gasteiger partial charge in [-0.1, -0.05) is 32.1 Å². The largest absolute Gasteiger partial charge is 0.481 e. The predicted molar refractivity (Wildman–Crippen MR) is 67.7 cm³/mol. The van der Waals surface area contributed by atoms with Gasteiger partial charge in [0.05, 0.1) is 7.11 Å². The van der Waals surface area contributed by atoms with E-state index in [2.05, 4.69) is 4.74 Å². The average molecular weight is 274 g/mol. The van der Waals surface area contributed by atoms with Crippen molar-refractivity contribution in [1.82, 2.24) is 0 Å². The number of rotatable bonds is 11. The lowest BCUT2D eigenvalue weighted by molar-refractivity contribution is -0.157. The Morgan fingerprint density at radius 2 is 1.47 bits per heavy atom. The van der Waals surface area contributed by atoms with Crippen molar-refractivity contribution in [3.63, 3.8) is 0 Å². The Hall–Kier alpha value is -1.59. The Morgan fingerprint density at radius 3 is 1.95 bits per heavy atom. The van der Waals surface area contributed by atoms with Gasteiger partial charge in [0.2, 0.25) is 0 Å². The summed E-state index contributed by atoms with van der Waals surface area (Å²) in [5.41, 5.74) is 0. The Balaban J connectivity index is 3.58. The average Bonchev–Trinajstić information content (AvgIpc) is 2.35. The number of ether oxygens (including phenoxy) is 1. The summed E-state index contributed by atoms with van der Waals surface area (Å²) < 4.78 is 4.43. The van der Waals surface area contributed by atoms with Crippen LogP contribution < -0.4 is 0 Å². The third kappa shape index (κ3) is 9.04. The van der Waals surface area contributed by atoms with Crippen molar-refractivity contribution in [1.29, 1.82) is 0 Å². The van der Waals surface area contributed by atoms with Crippen LogP contribution in [0.5, 0.6) is 0 Å². The van der Waals surface area contributed by atoms with E-state index in [9.17, 15) is 14.4 Å². The van der Waals surface area contributed by atoms with E-state index in [0.29, 0.717) is 12.8 Å². The van der Waals surface area contributed by atoms with Crippen LogP contribution in [-0.2, 0) is 19.1 Å². The Bertz CT molecular complexity index is 300. The minimum absolute atomic E-state index is 0.198. The van der Waals surface area contributed by atoms with Crippen LogP contribution in [0.1, 0.15) is 51.4 Å². The molecule has 1 unspecified atom stereocenters. The lowest BCUT2D eigenvalue weighted by atomic mass is 10.0. The first-order valence-corrected chi connectivity index (χ1v) is 6.51. The molecule has 0 spiro atoms. The third-order valence-electron chi connectivity index (χ3n) is 2.92. The molecule has 0 aromatic heterocycles. The summed E-state index contributed by atoms with van der Waals surface area (Å²) in [5.74, 6) is -3.69. The molecule has 0 aliphatic carbocycles. The lowest BCUT2D eigenvalue weighted by Gasteiger charge is -2.09. The van der Waals surface area contributed by atoms with Crippen LogP contribution in [0.4, 0.5) is 0 Å². The number of methoxy groups -OCH3 is 1. The number of hydrogen-bond acceptors (Lipinski definition) is 4. The number of carbonyl (C=O) groups is 3. The van der Waals surface area contributed by atoms with E-state index in [1.54, 1.807) is 0 Å². The molecule has 0 aliphatic heterocycles. The third-order valence-corrected chi connectivity index (χ3v) is 2.92. The molecule has 0 heterocycles. The molecule has 6 nitrogen and oxygen atoms in total. The van der Waals surface area contributed by atoms with Crippen molar-refractivity contribution >= 4 is 17.9 Å². The summed E-state index contributed by atoms with van der Waals surface area (Å²) in [6.07, 6.45) is 5.39. The zero-order chi connectivity index (χ0) is 14.7. The molecule has 0 bridgehead atoms. The second kappa shape index (κ2) is 10.3. The van der Waals surface area contributed by atoms with Gasteiger partial charge in [-0.25, -0.2) is 0 Å². The molecule has 0 amide bonds. The van der Waals surface area contributed by atoms with Gasteiger partial charge in [-0.3, -0.25) is 14.4 Å². The predicted octanol–water partition coefficient (Wildman–Crippen LogP) is 2.07. The van der Waals surface area contributed by atoms with Crippen LogP contribution in [0.15, 0.2) is 0 Å². The van der Waals surface area contributed by atoms with Gasteiger partial charge >= 0.3 is 17.9 Å². The standard InChI is InChI=1S/C13H22O6/c1-19-13(18)10(12(16)17)8-6-4-2-3-5-7-9-11(14)15/h10H,2-9H2,1H3,(H,14,15)(H,16,17). The summed E-state index contributed by atoms with van der Waals surface area (Å²) in [6.45, 7) is 0. The fraction of sp³-hybridized carbons (Fsp3) is 0.769. The maximum absolute atomic E-state index is 11.2. The molecule has 0 fully saturated rings. The van der Waals surface area contributed by atoms with Crippen molar-refractivity contribution in [2.24, 2.45) is 5.92 Å². The van der Waals surface area contributed by atoms with Crippen LogP contribution in [0.3, 0.4) is 0 Å². The fourth-order valence-corrected chi connectivity index (χ4v) is 1.82. The number of esters is 1. The summed E-state index contributed by atoms with van der Waals surface area (Å²) in [5, 5.41) is 17.3. The molecule has 0 aromatic carbocycles. The van der Waals surface area contributed by atoms with Crippen molar-refractivity contribution in [2.45, 2.75) is 51.4 Å². The van der Waals surface area contributed by atoms with Gasteiger partial charge in [-0.05, 0) is 12.8 Å². The van der Waals surface area contributed by atoms with Crippen molar-refractivity contribution in [2.75, 3.05) is 7.11 Å². The van der Waals surface area contributed by atoms with Crippen molar-refractivity contribution < 1.29 is 29.3 Å². The quantitative estimate of drug-likeness (QED) is 0.340. The van der Waals surface area contributed by atoms with Crippen LogP contribution in [0.2, 0.25) is 0 Å². The molecule has 110 valence electrons. The van der Waals surface area contributed by atoms with E-state index in [-0.39, 0.29) is 12.8 Å². The van der Waals surface area contributed by atoms with E-state index in [1.807, 2.05) is 0 Å². The topological polar surface area (TPSA) is 101 Å². The fourth-order valence-electron chi connectivity index (χ4n) is 1.82. The highest BCUT2D eigenvalue weighted by Crippen LogP contribution is 2.14. The maximum Gasteiger partial charge on any atom is 0.320 e. The number of carboxylic acid groups (broad SMARTS) is 2. The number of carbonyl (C=O) groups excluding carboxylic acids is 1. The summed E-state index contributed by atoms with van der Waals surface area (Å²) in [6, 6.07) is 0. The first-order valence-electron chi connectivity index (χ1n) is 6.51. The van der Waals surface area contributed by atoms with Gasteiger partial charge in [-0.15, -0.1) is 0 Å². The molecule has 19 heavy (non-hydrogen) atoms. The van der Waals surface area contributed by atoms with Crippen LogP contribution >= 0.6 is 0 Å². The summed E-state index contributed by atoms with van der Waals surface area (Å²) in [7, 11) is 1.18. The molecular weight excluding hydrogens is 252 g/mol. The summed E-state index contributed by atoms with van der Waals surface area (Å²) >= 11 is 0. The van der Waals surface area contributed by atoms with E-state index in [4.69, 9.17) is 10.2 Å². The minimum Gasteiger partial charge on any atom is -0.481 e. The number of aliphatic carboxylic acids is 2. The molecule has 0 aromatic rings. The SMILES string of the molecule is COC(=O)C(CCCCCCCCC(=O)O)C(=O)O. The van der Waals surface area contributed by atoms with Gasteiger partial charge in [-0.2, -0.15) is 0 Å². The van der Waals surface area contributed by atoms with E-state index in [1.165, 1.54) is 7.11 Å². The van der Waals surface area contributed by atoms with E-state index in [0.717, 1.165) is 25.7 Å². The van der Waals surface area contributed by atoms with Crippen molar-refractivity contribution in [3.8, 4) is 0 Å². The van der Waals surface area contributed by atoms with Crippen molar-refractivity contribution in [3.05, 3.63) is 0 Å². The highest BCUT2D eigenvalue weighted by molar-refractivity contribution is 5.93. The number of unbranched alkanes of at least 4 members (excludes halogenated alkanes) is 5. The Labute approximate surface area is 112 Å². The Morgan fingerprint density at radius 1 is 0.947 bits per heavy atom. The van der Waals surface area contributed by atoms with E-state index < -0.39 is 23.8 Å². The minimum atomic E-state index is -1.15. The zero-order valence-electron chi connectivity index (χ0n) is 11.3. The molecule has 0 rings (SSSR count). The molecule has 0 saturated carbocycles. The number of carboxylic acids is 2. The molecule has 0 radical (unpaired) electrons. The normalized spacial score (nSPS) is 11.8. The highest BCUT2D eigenvalue weighted by atomic mass is 16.5. The molecule has 2 N–H and O–H groups in total. The molecule has 0 saturated heterocycles.